The van der Waals surface area contributed by atoms with Gasteiger partial charge in [-0.15, -0.1) is 0 Å². The normalized spacial score (nSPS) is 14.9. The summed E-state index contributed by atoms with van der Waals surface area (Å²) < 4.78 is 22.4. The molecule has 1 aliphatic rings. The topological polar surface area (TPSA) is 95.1 Å². The first-order valence-corrected chi connectivity index (χ1v) is 13.0. The molecule has 8 heteroatoms. The second kappa shape index (κ2) is 14.0. The van der Waals surface area contributed by atoms with E-state index in [1.54, 1.807) is 37.5 Å². The molecule has 204 valence electrons. The van der Waals surface area contributed by atoms with Crippen molar-refractivity contribution >= 4 is 17.9 Å². The van der Waals surface area contributed by atoms with E-state index in [1.807, 2.05) is 55.5 Å². The van der Waals surface area contributed by atoms with Gasteiger partial charge >= 0.3 is 0 Å². The molecule has 4 rings (SSSR count). The fourth-order valence-electron chi connectivity index (χ4n) is 4.04. The van der Waals surface area contributed by atoms with Gasteiger partial charge in [0, 0.05) is 18.7 Å². The van der Waals surface area contributed by atoms with E-state index in [4.69, 9.17) is 18.9 Å². The minimum Gasteiger partial charge on any atom is -0.493 e. The first-order chi connectivity index (χ1) is 19.0. The Morgan fingerprint density at radius 2 is 1.67 bits per heavy atom. The summed E-state index contributed by atoms with van der Waals surface area (Å²) in [5.74, 6) is 1.24. The molecule has 0 aromatic heterocycles. The van der Waals surface area contributed by atoms with Crippen molar-refractivity contribution in [2.75, 3.05) is 33.5 Å². The van der Waals surface area contributed by atoms with E-state index in [0.29, 0.717) is 49.2 Å². The number of methoxy groups -OCH3 is 1. The van der Waals surface area contributed by atoms with E-state index in [2.05, 4.69) is 10.6 Å². The number of aryl methyl sites for hydroxylation is 1. The van der Waals surface area contributed by atoms with E-state index in [0.717, 1.165) is 24.0 Å². The molecule has 3 aromatic carbocycles. The number of carbonyl (C=O) groups excluding carboxylic acids is 2. The Labute approximate surface area is 228 Å². The molecule has 8 nitrogen and oxygen atoms in total. The monoisotopic (exact) mass is 530 g/mol. The second-order valence-electron chi connectivity index (χ2n) is 9.14. The lowest BCUT2D eigenvalue weighted by atomic mass is 10.1. The Morgan fingerprint density at radius 3 is 2.36 bits per heavy atom. The van der Waals surface area contributed by atoms with E-state index in [-0.39, 0.29) is 23.6 Å². The van der Waals surface area contributed by atoms with E-state index >= 15 is 0 Å². The average Bonchev–Trinajstić information content (AvgIpc) is 3.49. The highest BCUT2D eigenvalue weighted by Crippen LogP contribution is 2.25. The van der Waals surface area contributed by atoms with Crippen molar-refractivity contribution in [1.82, 2.24) is 10.6 Å². The molecule has 1 aliphatic heterocycles. The zero-order valence-corrected chi connectivity index (χ0v) is 22.3. The van der Waals surface area contributed by atoms with E-state index in [9.17, 15) is 9.59 Å². The Bertz CT molecular complexity index is 1260. The molecular formula is C31H34N2O6. The van der Waals surface area contributed by atoms with E-state index < -0.39 is 0 Å². The van der Waals surface area contributed by atoms with Crippen LogP contribution >= 0.6 is 0 Å². The molecule has 0 spiro atoms. The van der Waals surface area contributed by atoms with Crippen molar-refractivity contribution in [3.05, 3.63) is 95.2 Å². The Kier molecular flexibility index (Phi) is 9.97. The number of hydrogen-bond donors (Lipinski definition) is 2. The van der Waals surface area contributed by atoms with Crippen molar-refractivity contribution in [3.63, 3.8) is 0 Å². The first kappa shape index (κ1) is 27.7. The highest BCUT2D eigenvalue weighted by Gasteiger charge is 2.19. The largest absolute Gasteiger partial charge is 0.493 e. The molecule has 2 amide bonds. The van der Waals surface area contributed by atoms with Crippen LogP contribution in [0, 0.1) is 6.92 Å². The van der Waals surface area contributed by atoms with Gasteiger partial charge in [-0.3, -0.25) is 9.59 Å². The predicted molar refractivity (Wildman–Crippen MR) is 149 cm³/mol. The molecule has 1 fully saturated rings. The Morgan fingerprint density at radius 1 is 0.949 bits per heavy atom. The maximum atomic E-state index is 13.0. The van der Waals surface area contributed by atoms with Gasteiger partial charge in [0.25, 0.3) is 11.8 Å². The average molecular weight is 531 g/mol. The van der Waals surface area contributed by atoms with Crippen molar-refractivity contribution < 1.29 is 28.5 Å². The van der Waals surface area contributed by atoms with Crippen LogP contribution in [0.25, 0.3) is 6.08 Å². The number of rotatable bonds is 12. The SMILES string of the molecule is COc1ccccc1OCCOc1ccc(/C=C(\NC(=O)c2ccc(C)cc2)C(=O)NCC2CCCO2)cc1. The summed E-state index contributed by atoms with van der Waals surface area (Å²) in [6.07, 6.45) is 3.52. The fourth-order valence-corrected chi connectivity index (χ4v) is 4.04. The summed E-state index contributed by atoms with van der Waals surface area (Å²) in [7, 11) is 1.60. The molecule has 39 heavy (non-hydrogen) atoms. The molecule has 3 aromatic rings. The van der Waals surface area contributed by atoms with Crippen molar-refractivity contribution in [2.45, 2.75) is 25.9 Å². The van der Waals surface area contributed by atoms with Gasteiger partial charge in [-0.25, -0.2) is 0 Å². The molecular weight excluding hydrogens is 496 g/mol. The van der Waals surface area contributed by atoms with Crippen molar-refractivity contribution in [2.24, 2.45) is 0 Å². The summed E-state index contributed by atoms with van der Waals surface area (Å²) >= 11 is 0. The Hall–Kier alpha value is -4.30. The lowest BCUT2D eigenvalue weighted by Crippen LogP contribution is -2.38. The number of nitrogens with one attached hydrogen (secondary N) is 2. The number of amides is 2. The van der Waals surface area contributed by atoms with Crippen LogP contribution in [-0.4, -0.2) is 51.4 Å². The molecule has 0 saturated carbocycles. The molecule has 0 aliphatic carbocycles. The van der Waals surface area contributed by atoms with Gasteiger partial charge < -0.3 is 29.6 Å². The summed E-state index contributed by atoms with van der Waals surface area (Å²) in [6, 6.07) is 21.9. The van der Waals surface area contributed by atoms with Crippen LogP contribution in [0.4, 0.5) is 0 Å². The van der Waals surface area contributed by atoms with Crippen LogP contribution in [-0.2, 0) is 9.53 Å². The molecule has 0 bridgehead atoms. The highest BCUT2D eigenvalue weighted by atomic mass is 16.5. The van der Waals surface area contributed by atoms with Crippen LogP contribution in [0.2, 0.25) is 0 Å². The van der Waals surface area contributed by atoms with Crippen molar-refractivity contribution in [1.29, 1.82) is 0 Å². The summed E-state index contributed by atoms with van der Waals surface area (Å²) in [6.45, 7) is 3.74. The minimum atomic E-state index is -0.375. The summed E-state index contributed by atoms with van der Waals surface area (Å²) in [4.78, 5) is 25.9. The van der Waals surface area contributed by atoms with Crippen LogP contribution in [0.5, 0.6) is 17.2 Å². The van der Waals surface area contributed by atoms with Gasteiger partial charge in [-0.1, -0.05) is 42.0 Å². The smallest absolute Gasteiger partial charge is 0.267 e. The van der Waals surface area contributed by atoms with Crippen molar-refractivity contribution in [3.8, 4) is 17.2 Å². The van der Waals surface area contributed by atoms with Gasteiger partial charge in [0.15, 0.2) is 11.5 Å². The standard InChI is InChI=1S/C31H34N2O6/c1-22-9-13-24(14-10-22)30(34)33-27(31(35)32-21-26-6-5-17-37-26)20-23-11-15-25(16-12-23)38-18-19-39-29-8-4-3-7-28(29)36-2/h3-4,7-16,20,26H,5-6,17-19,21H2,1-2H3,(H,32,35)(H,33,34)/b27-20-. The number of para-hydroxylation sites is 2. The number of hydrogen-bond acceptors (Lipinski definition) is 6. The number of benzene rings is 3. The van der Waals surface area contributed by atoms with Crippen LogP contribution in [0.3, 0.4) is 0 Å². The summed E-state index contributed by atoms with van der Waals surface area (Å²) in [5, 5.41) is 5.65. The Balaban J connectivity index is 1.38. The quantitative estimate of drug-likeness (QED) is 0.264. The predicted octanol–water partition coefficient (Wildman–Crippen LogP) is 4.53. The first-order valence-electron chi connectivity index (χ1n) is 13.0. The molecule has 1 saturated heterocycles. The van der Waals surface area contributed by atoms with Gasteiger partial charge in [0.05, 0.1) is 13.2 Å². The van der Waals surface area contributed by atoms with Crippen LogP contribution < -0.4 is 24.8 Å². The molecule has 1 atom stereocenters. The molecule has 0 radical (unpaired) electrons. The third-order valence-corrected chi connectivity index (χ3v) is 6.19. The maximum absolute atomic E-state index is 13.0. The van der Waals surface area contributed by atoms with Gasteiger partial charge in [0.2, 0.25) is 0 Å². The van der Waals surface area contributed by atoms with Gasteiger partial charge in [0.1, 0.15) is 24.7 Å². The zero-order valence-electron chi connectivity index (χ0n) is 22.3. The molecule has 1 unspecified atom stereocenters. The van der Waals surface area contributed by atoms with Crippen LogP contribution in [0.15, 0.2) is 78.5 Å². The zero-order chi connectivity index (χ0) is 27.5. The summed E-state index contributed by atoms with van der Waals surface area (Å²) in [5.41, 5.74) is 2.40. The lowest BCUT2D eigenvalue weighted by molar-refractivity contribution is -0.118. The third kappa shape index (κ3) is 8.35. The highest BCUT2D eigenvalue weighted by molar-refractivity contribution is 6.05. The maximum Gasteiger partial charge on any atom is 0.267 e. The third-order valence-electron chi connectivity index (χ3n) is 6.19. The van der Waals surface area contributed by atoms with Gasteiger partial charge in [-0.2, -0.15) is 0 Å². The lowest BCUT2D eigenvalue weighted by Gasteiger charge is -2.14. The minimum absolute atomic E-state index is 0.00797. The van der Waals surface area contributed by atoms with Crippen LogP contribution in [0.1, 0.15) is 34.3 Å². The molecule has 2 N–H and O–H groups in total. The van der Waals surface area contributed by atoms with E-state index in [1.165, 1.54) is 0 Å². The fraction of sp³-hybridized carbons (Fsp3) is 0.290. The van der Waals surface area contributed by atoms with Gasteiger partial charge in [-0.05, 0) is 67.8 Å². The molecule has 1 heterocycles. The number of carbonyl (C=O) groups is 2. The second-order valence-corrected chi connectivity index (χ2v) is 9.14. The number of ether oxygens (including phenoxy) is 4.